The van der Waals surface area contributed by atoms with E-state index in [1.807, 2.05) is 58.9 Å². The van der Waals surface area contributed by atoms with Gasteiger partial charge in [0, 0.05) is 12.6 Å². The number of benzene rings is 3. The Kier molecular flexibility index (Phi) is 10.8. The third-order valence-electron chi connectivity index (χ3n) is 6.56. The fourth-order valence-corrected chi connectivity index (χ4v) is 6.14. The summed E-state index contributed by atoms with van der Waals surface area (Å²) in [5, 5.41) is 3.09. The van der Waals surface area contributed by atoms with Crippen molar-refractivity contribution in [1.29, 1.82) is 0 Å². The summed E-state index contributed by atoms with van der Waals surface area (Å²) >= 11 is 6.38. The van der Waals surface area contributed by atoms with E-state index in [1.54, 1.807) is 18.2 Å². The standard InChI is InChI=1S/C31H38ClN3O5S/c1-7-28(31(37)33-21(2)3)34(19-24-10-8-9-23(5)17-24)30(36)20-35(25-13-16-29(40-6)27(32)18-25)41(38,39)26-14-11-22(4)12-15-26/h8-18,21,28H,7,19-20H2,1-6H3,(H,33,37)/t28-/m0/s1. The monoisotopic (exact) mass is 599 g/mol. The lowest BCUT2D eigenvalue weighted by atomic mass is 10.1. The quantitative estimate of drug-likeness (QED) is 0.297. The molecule has 8 nitrogen and oxygen atoms in total. The van der Waals surface area contributed by atoms with Crippen LogP contribution in [-0.2, 0) is 26.2 Å². The molecule has 0 aliphatic heterocycles. The summed E-state index contributed by atoms with van der Waals surface area (Å²) in [5.74, 6) is -0.462. The molecule has 0 heterocycles. The zero-order valence-electron chi connectivity index (χ0n) is 24.3. The number of sulfonamides is 1. The van der Waals surface area contributed by atoms with Crippen LogP contribution in [0.25, 0.3) is 0 Å². The Labute approximate surface area is 248 Å². The number of hydrogen-bond acceptors (Lipinski definition) is 5. The normalized spacial score (nSPS) is 12.1. The van der Waals surface area contributed by atoms with E-state index in [0.29, 0.717) is 12.2 Å². The lowest BCUT2D eigenvalue weighted by Gasteiger charge is -2.33. The zero-order chi connectivity index (χ0) is 30.3. The van der Waals surface area contributed by atoms with E-state index in [0.717, 1.165) is 21.0 Å². The second-order valence-electron chi connectivity index (χ2n) is 10.2. The van der Waals surface area contributed by atoms with Crippen LogP contribution in [0, 0.1) is 13.8 Å². The van der Waals surface area contributed by atoms with Crippen LogP contribution < -0.4 is 14.4 Å². The number of methoxy groups -OCH3 is 1. The molecule has 1 N–H and O–H groups in total. The molecular weight excluding hydrogens is 562 g/mol. The predicted octanol–water partition coefficient (Wildman–Crippen LogP) is 5.49. The lowest BCUT2D eigenvalue weighted by Crippen LogP contribution is -2.53. The fourth-order valence-electron chi connectivity index (χ4n) is 4.48. The van der Waals surface area contributed by atoms with Gasteiger partial charge in [-0.25, -0.2) is 8.42 Å². The molecule has 10 heteroatoms. The molecule has 0 aromatic heterocycles. The lowest BCUT2D eigenvalue weighted by molar-refractivity contribution is -0.140. The zero-order valence-corrected chi connectivity index (χ0v) is 25.9. The average Bonchev–Trinajstić information content (AvgIpc) is 2.91. The van der Waals surface area contributed by atoms with Gasteiger partial charge in [-0.2, -0.15) is 0 Å². The Balaban J connectivity index is 2.10. The number of halogens is 1. The molecule has 0 fully saturated rings. The first-order chi connectivity index (χ1) is 19.4. The number of amides is 2. The number of anilines is 1. The molecule has 0 saturated carbocycles. The summed E-state index contributed by atoms with van der Waals surface area (Å²) < 4.78 is 34.3. The van der Waals surface area contributed by atoms with Crippen molar-refractivity contribution in [3.63, 3.8) is 0 Å². The van der Waals surface area contributed by atoms with Gasteiger partial charge in [0.1, 0.15) is 18.3 Å². The summed E-state index contributed by atoms with van der Waals surface area (Å²) in [7, 11) is -2.74. The highest BCUT2D eigenvalue weighted by atomic mass is 35.5. The van der Waals surface area contributed by atoms with E-state index < -0.39 is 28.5 Å². The minimum Gasteiger partial charge on any atom is -0.495 e. The van der Waals surface area contributed by atoms with Crippen molar-refractivity contribution in [2.24, 2.45) is 0 Å². The van der Waals surface area contributed by atoms with E-state index in [9.17, 15) is 18.0 Å². The second kappa shape index (κ2) is 13.9. The Morgan fingerprint density at radius 2 is 1.66 bits per heavy atom. The molecule has 2 amide bonds. The van der Waals surface area contributed by atoms with Gasteiger partial charge in [0.25, 0.3) is 10.0 Å². The van der Waals surface area contributed by atoms with Gasteiger partial charge < -0.3 is 15.0 Å². The molecule has 0 saturated heterocycles. The van der Waals surface area contributed by atoms with Gasteiger partial charge in [0.15, 0.2) is 0 Å². The van der Waals surface area contributed by atoms with Crippen LogP contribution in [0.1, 0.15) is 43.9 Å². The Bertz CT molecular complexity index is 1480. The van der Waals surface area contributed by atoms with Crippen LogP contribution in [0.15, 0.2) is 71.6 Å². The second-order valence-corrected chi connectivity index (χ2v) is 12.5. The highest BCUT2D eigenvalue weighted by Gasteiger charge is 2.34. The first-order valence-electron chi connectivity index (χ1n) is 13.5. The largest absolute Gasteiger partial charge is 0.495 e. The summed E-state index contributed by atoms with van der Waals surface area (Å²) in [6.45, 7) is 8.91. The van der Waals surface area contributed by atoms with Crippen molar-refractivity contribution in [2.45, 2.75) is 64.6 Å². The van der Waals surface area contributed by atoms with Crippen molar-refractivity contribution in [3.05, 3.63) is 88.4 Å². The fraction of sp³-hybridized carbons (Fsp3) is 0.355. The topological polar surface area (TPSA) is 96.0 Å². The number of nitrogens with zero attached hydrogens (tertiary/aromatic N) is 2. The van der Waals surface area contributed by atoms with Crippen molar-refractivity contribution in [3.8, 4) is 5.75 Å². The minimum absolute atomic E-state index is 0.0256. The Hall–Kier alpha value is -3.56. The molecule has 0 aliphatic rings. The van der Waals surface area contributed by atoms with E-state index in [2.05, 4.69) is 5.32 Å². The van der Waals surface area contributed by atoms with Gasteiger partial charge in [-0.15, -0.1) is 0 Å². The molecule has 3 aromatic rings. The maximum absolute atomic E-state index is 14.1. The highest BCUT2D eigenvalue weighted by Crippen LogP contribution is 2.32. The third kappa shape index (κ3) is 8.01. The summed E-state index contributed by atoms with van der Waals surface area (Å²) in [6, 6.07) is 17.6. The van der Waals surface area contributed by atoms with Crippen molar-refractivity contribution in [2.75, 3.05) is 18.0 Å². The first-order valence-corrected chi connectivity index (χ1v) is 15.3. The molecule has 0 unspecified atom stereocenters. The van der Waals surface area contributed by atoms with Crippen LogP contribution in [0.4, 0.5) is 5.69 Å². The smallest absolute Gasteiger partial charge is 0.264 e. The number of carbonyl (C=O) groups excluding carboxylic acids is 2. The number of carbonyl (C=O) groups is 2. The van der Waals surface area contributed by atoms with Gasteiger partial charge >= 0.3 is 0 Å². The van der Waals surface area contributed by atoms with Crippen molar-refractivity contribution >= 4 is 39.1 Å². The van der Waals surface area contributed by atoms with Crippen LogP contribution in [-0.4, -0.2) is 50.9 Å². The SMILES string of the molecule is CC[C@@H](C(=O)NC(C)C)N(Cc1cccc(C)c1)C(=O)CN(c1ccc(OC)c(Cl)c1)S(=O)(=O)c1ccc(C)cc1. The van der Waals surface area contributed by atoms with Crippen LogP contribution in [0.3, 0.4) is 0 Å². The molecule has 0 radical (unpaired) electrons. The van der Waals surface area contributed by atoms with E-state index in [-0.39, 0.29) is 34.1 Å². The minimum atomic E-state index is -4.20. The van der Waals surface area contributed by atoms with Crippen molar-refractivity contribution < 1.29 is 22.7 Å². The molecule has 0 spiro atoms. The van der Waals surface area contributed by atoms with Gasteiger partial charge in [0.05, 0.1) is 22.7 Å². The number of nitrogens with one attached hydrogen (secondary N) is 1. The maximum Gasteiger partial charge on any atom is 0.264 e. The Morgan fingerprint density at radius 1 is 0.976 bits per heavy atom. The summed E-state index contributed by atoms with van der Waals surface area (Å²) in [4.78, 5) is 28.8. The van der Waals surface area contributed by atoms with Crippen molar-refractivity contribution in [1.82, 2.24) is 10.2 Å². The summed E-state index contributed by atoms with van der Waals surface area (Å²) in [6.07, 6.45) is 0.342. The third-order valence-corrected chi connectivity index (χ3v) is 8.65. The predicted molar refractivity (Wildman–Crippen MR) is 163 cm³/mol. The molecule has 3 rings (SSSR count). The maximum atomic E-state index is 14.1. The number of rotatable bonds is 12. The molecule has 220 valence electrons. The van der Waals surface area contributed by atoms with E-state index in [1.165, 1.54) is 36.3 Å². The molecule has 3 aromatic carbocycles. The van der Waals surface area contributed by atoms with Crippen LogP contribution >= 0.6 is 11.6 Å². The Morgan fingerprint density at radius 3 is 2.22 bits per heavy atom. The molecule has 0 aliphatic carbocycles. The number of hydrogen-bond donors (Lipinski definition) is 1. The number of ether oxygens (including phenoxy) is 1. The van der Waals surface area contributed by atoms with E-state index in [4.69, 9.17) is 16.3 Å². The van der Waals surface area contributed by atoms with Crippen LogP contribution in [0.5, 0.6) is 5.75 Å². The molecule has 41 heavy (non-hydrogen) atoms. The highest BCUT2D eigenvalue weighted by molar-refractivity contribution is 7.92. The van der Waals surface area contributed by atoms with Gasteiger partial charge in [-0.3, -0.25) is 13.9 Å². The van der Waals surface area contributed by atoms with Gasteiger partial charge in [-0.1, -0.05) is 66.0 Å². The molecular formula is C31H38ClN3O5S. The molecule has 0 bridgehead atoms. The summed E-state index contributed by atoms with van der Waals surface area (Å²) in [5.41, 5.74) is 2.92. The molecule has 1 atom stereocenters. The van der Waals surface area contributed by atoms with Gasteiger partial charge in [-0.05, 0) is 70.0 Å². The first kappa shape index (κ1) is 32.0. The van der Waals surface area contributed by atoms with Gasteiger partial charge in [0.2, 0.25) is 11.8 Å². The average molecular weight is 600 g/mol. The van der Waals surface area contributed by atoms with E-state index >= 15 is 0 Å². The number of aryl methyl sites for hydroxylation is 2. The van der Waals surface area contributed by atoms with Crippen LogP contribution in [0.2, 0.25) is 5.02 Å².